The summed E-state index contributed by atoms with van der Waals surface area (Å²) in [6.07, 6.45) is 0.801. The molecule has 2 nitrogen and oxygen atoms in total. The van der Waals surface area contributed by atoms with Gasteiger partial charge in [0.15, 0.2) is 11.6 Å². The maximum atomic E-state index is 13.6. The Balaban J connectivity index is 1.86. The molecule has 0 saturated heterocycles. The summed E-state index contributed by atoms with van der Waals surface area (Å²) in [6, 6.07) is 10.1. The van der Waals surface area contributed by atoms with Gasteiger partial charge >= 0.3 is 0 Å². The van der Waals surface area contributed by atoms with Crippen LogP contribution in [0.2, 0.25) is 5.02 Å². The van der Waals surface area contributed by atoms with Crippen LogP contribution in [-0.2, 0) is 13.0 Å². The van der Waals surface area contributed by atoms with Crippen LogP contribution in [0.4, 0.5) is 4.39 Å². The second-order valence-corrected chi connectivity index (χ2v) is 6.25. The number of benzene rings is 2. The Labute approximate surface area is 128 Å². The lowest BCUT2D eigenvalue weighted by Gasteiger charge is -2.18. The van der Waals surface area contributed by atoms with Gasteiger partial charge in [0.2, 0.25) is 0 Å². The highest BCUT2D eigenvalue weighted by Gasteiger charge is 2.32. The predicted octanol–water partition coefficient (Wildman–Crippen LogP) is 4.77. The topological polar surface area (TPSA) is 18.5 Å². The summed E-state index contributed by atoms with van der Waals surface area (Å²) >= 11 is 6.15. The van der Waals surface area contributed by atoms with Crippen LogP contribution in [0, 0.1) is 5.82 Å². The fourth-order valence-corrected chi connectivity index (χ4v) is 2.83. The van der Waals surface area contributed by atoms with Gasteiger partial charge in [-0.15, -0.1) is 0 Å². The fraction of sp³-hybridized carbons (Fsp3) is 0.294. The monoisotopic (exact) mass is 306 g/mol. The number of hydrogen-bond acceptors (Lipinski definition) is 2. The minimum atomic E-state index is -0.377. The third-order valence-corrected chi connectivity index (χ3v) is 3.64. The third kappa shape index (κ3) is 2.98. The molecule has 110 valence electrons. The number of halogens is 2. The molecule has 0 unspecified atom stereocenters. The Hall–Kier alpha value is -1.74. The van der Waals surface area contributed by atoms with Crippen molar-refractivity contribution in [3.05, 3.63) is 58.4 Å². The van der Waals surface area contributed by atoms with E-state index in [2.05, 4.69) is 0 Å². The first kappa shape index (κ1) is 14.2. The molecule has 0 aliphatic carbocycles. The Kier molecular flexibility index (Phi) is 3.54. The molecular formula is C17H16ClFO2. The number of rotatable bonds is 3. The van der Waals surface area contributed by atoms with E-state index in [4.69, 9.17) is 21.1 Å². The standard InChI is InChI=1S/C17H16ClFO2/c1-17(2)9-11-7-13(18)8-12(16(11)21-17)10-20-15-6-4-3-5-14(15)19/h3-8H,9-10H2,1-2H3. The van der Waals surface area contributed by atoms with E-state index >= 15 is 0 Å². The van der Waals surface area contributed by atoms with E-state index in [1.807, 2.05) is 26.0 Å². The smallest absolute Gasteiger partial charge is 0.165 e. The number of hydrogen-bond donors (Lipinski definition) is 0. The first-order valence-electron chi connectivity index (χ1n) is 6.82. The van der Waals surface area contributed by atoms with Gasteiger partial charge in [-0.25, -0.2) is 4.39 Å². The molecule has 0 aromatic heterocycles. The molecule has 0 bridgehead atoms. The normalized spacial score (nSPS) is 15.4. The van der Waals surface area contributed by atoms with Crippen molar-refractivity contribution in [3.8, 4) is 11.5 Å². The van der Waals surface area contributed by atoms with E-state index < -0.39 is 0 Å². The van der Waals surface area contributed by atoms with E-state index in [9.17, 15) is 4.39 Å². The minimum Gasteiger partial charge on any atom is -0.487 e. The van der Waals surface area contributed by atoms with Crippen molar-refractivity contribution < 1.29 is 13.9 Å². The van der Waals surface area contributed by atoms with Crippen LogP contribution in [0.25, 0.3) is 0 Å². The van der Waals surface area contributed by atoms with E-state index in [0.29, 0.717) is 5.02 Å². The molecule has 0 atom stereocenters. The van der Waals surface area contributed by atoms with Crippen molar-refractivity contribution >= 4 is 11.6 Å². The maximum absolute atomic E-state index is 13.6. The summed E-state index contributed by atoms with van der Waals surface area (Å²) in [5.41, 5.74) is 1.66. The second-order valence-electron chi connectivity index (χ2n) is 5.81. The van der Waals surface area contributed by atoms with E-state index in [0.717, 1.165) is 23.3 Å². The van der Waals surface area contributed by atoms with Crippen LogP contribution in [-0.4, -0.2) is 5.60 Å². The van der Waals surface area contributed by atoms with Gasteiger partial charge in [0.05, 0.1) is 0 Å². The van der Waals surface area contributed by atoms with Gasteiger partial charge in [0, 0.05) is 17.0 Å². The van der Waals surface area contributed by atoms with Gasteiger partial charge in [-0.05, 0) is 43.7 Å². The van der Waals surface area contributed by atoms with E-state index in [-0.39, 0.29) is 23.8 Å². The van der Waals surface area contributed by atoms with Crippen LogP contribution in [0.3, 0.4) is 0 Å². The van der Waals surface area contributed by atoms with E-state index in [1.165, 1.54) is 6.07 Å². The zero-order chi connectivity index (χ0) is 15.0. The van der Waals surface area contributed by atoms with Gasteiger partial charge < -0.3 is 9.47 Å². The summed E-state index contributed by atoms with van der Waals surface area (Å²) in [5.74, 6) is 0.654. The third-order valence-electron chi connectivity index (χ3n) is 3.42. The minimum absolute atomic E-state index is 0.222. The molecule has 1 heterocycles. The summed E-state index contributed by atoms with van der Waals surface area (Å²) in [6.45, 7) is 4.28. The summed E-state index contributed by atoms with van der Waals surface area (Å²) in [4.78, 5) is 0. The van der Waals surface area contributed by atoms with Gasteiger partial charge in [-0.2, -0.15) is 0 Å². The molecule has 0 N–H and O–H groups in total. The van der Waals surface area contributed by atoms with Gasteiger partial charge in [0.25, 0.3) is 0 Å². The molecule has 21 heavy (non-hydrogen) atoms. The highest BCUT2D eigenvalue weighted by molar-refractivity contribution is 6.30. The summed E-state index contributed by atoms with van der Waals surface area (Å²) in [5, 5.41) is 0.641. The molecule has 0 spiro atoms. The van der Waals surface area contributed by atoms with Crippen LogP contribution in [0.15, 0.2) is 36.4 Å². The van der Waals surface area contributed by atoms with Crippen molar-refractivity contribution in [1.29, 1.82) is 0 Å². The molecule has 3 rings (SSSR count). The maximum Gasteiger partial charge on any atom is 0.165 e. The van der Waals surface area contributed by atoms with Crippen molar-refractivity contribution in [1.82, 2.24) is 0 Å². The summed E-state index contributed by atoms with van der Waals surface area (Å²) in [7, 11) is 0. The quantitative estimate of drug-likeness (QED) is 0.813. The van der Waals surface area contributed by atoms with Crippen molar-refractivity contribution in [2.45, 2.75) is 32.5 Å². The average molecular weight is 307 g/mol. The largest absolute Gasteiger partial charge is 0.487 e. The Morgan fingerprint density at radius 2 is 2.05 bits per heavy atom. The molecule has 2 aromatic carbocycles. The van der Waals surface area contributed by atoms with E-state index in [1.54, 1.807) is 18.2 Å². The Morgan fingerprint density at radius 3 is 2.81 bits per heavy atom. The van der Waals surface area contributed by atoms with Crippen LogP contribution in [0.1, 0.15) is 25.0 Å². The molecule has 2 aromatic rings. The molecule has 1 aliphatic heterocycles. The zero-order valence-corrected chi connectivity index (χ0v) is 12.7. The number of fused-ring (bicyclic) bond motifs is 1. The van der Waals surface area contributed by atoms with Crippen LogP contribution in [0.5, 0.6) is 11.5 Å². The van der Waals surface area contributed by atoms with Gasteiger partial charge in [-0.1, -0.05) is 23.7 Å². The first-order valence-corrected chi connectivity index (χ1v) is 7.20. The van der Waals surface area contributed by atoms with Crippen LogP contribution < -0.4 is 9.47 Å². The lowest BCUT2D eigenvalue weighted by atomic mass is 10.0. The lowest BCUT2D eigenvalue weighted by molar-refractivity contribution is 0.135. The fourth-order valence-electron chi connectivity index (χ4n) is 2.57. The van der Waals surface area contributed by atoms with Gasteiger partial charge in [0.1, 0.15) is 18.0 Å². The number of ether oxygens (including phenoxy) is 2. The highest BCUT2D eigenvalue weighted by Crippen LogP contribution is 2.40. The van der Waals surface area contributed by atoms with Gasteiger partial charge in [-0.3, -0.25) is 0 Å². The van der Waals surface area contributed by atoms with Crippen molar-refractivity contribution in [2.75, 3.05) is 0 Å². The molecule has 0 amide bonds. The Bertz CT molecular complexity index is 682. The highest BCUT2D eigenvalue weighted by atomic mass is 35.5. The van der Waals surface area contributed by atoms with Crippen molar-refractivity contribution in [2.24, 2.45) is 0 Å². The molecule has 1 aliphatic rings. The SMILES string of the molecule is CC1(C)Cc2cc(Cl)cc(COc3ccccc3F)c2O1. The predicted molar refractivity (Wildman–Crippen MR) is 80.6 cm³/mol. The first-order chi connectivity index (χ1) is 9.94. The molecular weight excluding hydrogens is 291 g/mol. The zero-order valence-electron chi connectivity index (χ0n) is 12.0. The van der Waals surface area contributed by atoms with Crippen LogP contribution >= 0.6 is 11.6 Å². The number of para-hydroxylation sites is 1. The molecule has 4 heteroatoms. The molecule has 0 saturated carbocycles. The van der Waals surface area contributed by atoms with Crippen molar-refractivity contribution in [3.63, 3.8) is 0 Å². The summed E-state index contributed by atoms with van der Waals surface area (Å²) < 4.78 is 25.1. The lowest BCUT2D eigenvalue weighted by Crippen LogP contribution is -2.25. The molecule has 0 radical (unpaired) electrons. The average Bonchev–Trinajstić information content (AvgIpc) is 2.71. The Morgan fingerprint density at radius 1 is 1.29 bits per heavy atom. The second kappa shape index (κ2) is 5.23. The molecule has 0 fully saturated rings.